The molecule has 2 rings (SSSR count). The van der Waals surface area contributed by atoms with Crippen molar-refractivity contribution in [3.63, 3.8) is 0 Å². The number of nitrogens with zero attached hydrogens (tertiary/aromatic N) is 1. The van der Waals surface area contributed by atoms with E-state index in [0.29, 0.717) is 18.7 Å². The predicted octanol–water partition coefficient (Wildman–Crippen LogP) is 0.879. The Bertz CT molecular complexity index is 611. The number of hydrogen-bond donors (Lipinski definition) is 1. The topological polar surface area (TPSA) is 57.6 Å². The van der Waals surface area contributed by atoms with Crippen LogP contribution in [0.25, 0.3) is 0 Å². The van der Waals surface area contributed by atoms with Crippen molar-refractivity contribution in [2.75, 3.05) is 23.2 Å². The van der Waals surface area contributed by atoms with Crippen LogP contribution in [0, 0.1) is 18.8 Å². The molecule has 0 aromatic heterocycles. The summed E-state index contributed by atoms with van der Waals surface area (Å²) in [6.07, 6.45) is 0.661. The maximum atomic E-state index is 11.8. The van der Waals surface area contributed by atoms with Crippen LogP contribution in [-0.4, -0.2) is 32.4 Å². The normalized spacial score (nSPS) is 17.3. The summed E-state index contributed by atoms with van der Waals surface area (Å²) in [5, 5.41) is 8.70. The highest BCUT2D eigenvalue weighted by molar-refractivity contribution is 7.93. The van der Waals surface area contributed by atoms with Crippen LogP contribution >= 0.6 is 0 Å². The first-order chi connectivity index (χ1) is 8.54. The van der Waals surface area contributed by atoms with Crippen LogP contribution in [-0.2, 0) is 10.0 Å². The van der Waals surface area contributed by atoms with Crippen molar-refractivity contribution in [2.45, 2.75) is 13.3 Å². The molecule has 0 spiro atoms. The predicted molar refractivity (Wildman–Crippen MR) is 70.9 cm³/mol. The molecule has 1 heterocycles. The summed E-state index contributed by atoms with van der Waals surface area (Å²) in [6.45, 7) is 2.23. The van der Waals surface area contributed by atoms with Crippen LogP contribution in [0.2, 0.25) is 0 Å². The van der Waals surface area contributed by atoms with Crippen LogP contribution in [0.3, 0.4) is 0 Å². The number of benzene rings is 1. The number of rotatable bonds is 1. The summed E-state index contributed by atoms with van der Waals surface area (Å²) in [5.74, 6) is 5.62. The highest BCUT2D eigenvalue weighted by Crippen LogP contribution is 2.25. The Morgan fingerprint density at radius 3 is 2.83 bits per heavy atom. The van der Waals surface area contributed by atoms with Crippen molar-refractivity contribution in [1.82, 2.24) is 0 Å². The second-order valence-corrected chi connectivity index (χ2v) is 6.21. The highest BCUT2D eigenvalue weighted by Gasteiger charge is 2.28. The third kappa shape index (κ3) is 2.50. The van der Waals surface area contributed by atoms with Gasteiger partial charge in [-0.1, -0.05) is 17.9 Å². The molecule has 0 saturated carbocycles. The van der Waals surface area contributed by atoms with Gasteiger partial charge in [0.2, 0.25) is 10.0 Å². The fourth-order valence-electron chi connectivity index (χ4n) is 1.96. The van der Waals surface area contributed by atoms with Gasteiger partial charge in [-0.15, -0.1) is 0 Å². The van der Waals surface area contributed by atoms with Gasteiger partial charge >= 0.3 is 0 Å². The van der Waals surface area contributed by atoms with E-state index >= 15 is 0 Å². The number of aliphatic hydroxyl groups is 1. The molecule has 1 aliphatic rings. The molecule has 0 bridgehead atoms. The average Bonchev–Trinajstić information content (AvgIpc) is 2.68. The third-order valence-corrected chi connectivity index (χ3v) is 4.78. The number of aliphatic hydroxyl groups excluding tert-OH is 1. The quantitative estimate of drug-likeness (QED) is 0.767. The van der Waals surface area contributed by atoms with Gasteiger partial charge in [-0.25, -0.2) is 8.42 Å². The van der Waals surface area contributed by atoms with E-state index in [1.165, 1.54) is 4.31 Å². The van der Waals surface area contributed by atoms with E-state index < -0.39 is 10.0 Å². The van der Waals surface area contributed by atoms with Crippen LogP contribution in [0.4, 0.5) is 5.69 Å². The van der Waals surface area contributed by atoms with Gasteiger partial charge in [0.1, 0.15) is 6.61 Å². The molecule has 0 atom stereocenters. The van der Waals surface area contributed by atoms with Gasteiger partial charge in [0.25, 0.3) is 0 Å². The maximum absolute atomic E-state index is 11.8. The van der Waals surface area contributed by atoms with Gasteiger partial charge in [-0.2, -0.15) is 0 Å². The summed E-state index contributed by atoms with van der Waals surface area (Å²) in [4.78, 5) is 0. The summed E-state index contributed by atoms with van der Waals surface area (Å²) in [6, 6.07) is 5.41. The standard InChI is InChI=1S/C13H15NO3S/c1-11-5-6-13(10-12(11)4-2-8-15)14-7-3-9-18(14,16)17/h5-6,10,15H,3,7-9H2,1H3. The average molecular weight is 265 g/mol. The van der Waals surface area contributed by atoms with E-state index in [2.05, 4.69) is 11.8 Å². The largest absolute Gasteiger partial charge is 0.384 e. The Morgan fingerprint density at radius 2 is 2.22 bits per heavy atom. The Hall–Kier alpha value is -1.51. The number of hydrogen-bond acceptors (Lipinski definition) is 3. The summed E-state index contributed by atoms with van der Waals surface area (Å²) in [7, 11) is -3.15. The van der Waals surface area contributed by atoms with E-state index in [-0.39, 0.29) is 12.4 Å². The van der Waals surface area contributed by atoms with Crippen molar-refractivity contribution in [2.24, 2.45) is 0 Å². The lowest BCUT2D eigenvalue weighted by Crippen LogP contribution is -2.25. The SMILES string of the molecule is Cc1ccc(N2CCCS2(=O)=O)cc1C#CCO. The van der Waals surface area contributed by atoms with Crippen LogP contribution in [0.1, 0.15) is 17.5 Å². The van der Waals surface area contributed by atoms with Gasteiger partial charge in [0.15, 0.2) is 0 Å². The first-order valence-corrected chi connectivity index (χ1v) is 7.36. The molecule has 1 fully saturated rings. The van der Waals surface area contributed by atoms with Crippen molar-refractivity contribution in [3.05, 3.63) is 29.3 Å². The molecule has 1 aromatic rings. The Morgan fingerprint density at radius 1 is 1.44 bits per heavy atom. The molecule has 18 heavy (non-hydrogen) atoms. The smallest absolute Gasteiger partial charge is 0.235 e. The molecular weight excluding hydrogens is 250 g/mol. The summed E-state index contributed by atoms with van der Waals surface area (Å²) < 4.78 is 25.1. The van der Waals surface area contributed by atoms with Gasteiger partial charge in [0.05, 0.1) is 11.4 Å². The van der Waals surface area contributed by atoms with Gasteiger partial charge in [-0.05, 0) is 31.0 Å². The Kier molecular flexibility index (Phi) is 3.60. The number of anilines is 1. The molecule has 1 saturated heterocycles. The minimum absolute atomic E-state index is 0.203. The van der Waals surface area contributed by atoms with Crippen LogP contribution in [0.5, 0.6) is 0 Å². The molecule has 0 unspecified atom stereocenters. The fraction of sp³-hybridized carbons (Fsp3) is 0.385. The Balaban J connectivity index is 2.41. The summed E-state index contributed by atoms with van der Waals surface area (Å²) in [5.41, 5.74) is 2.38. The van der Waals surface area contributed by atoms with Crippen molar-refractivity contribution < 1.29 is 13.5 Å². The monoisotopic (exact) mass is 265 g/mol. The second kappa shape index (κ2) is 5.01. The zero-order chi connectivity index (χ0) is 13.2. The van der Waals surface area contributed by atoms with Crippen molar-refractivity contribution in [1.29, 1.82) is 0 Å². The van der Waals surface area contributed by atoms with Gasteiger partial charge < -0.3 is 5.11 Å². The van der Waals surface area contributed by atoms with Crippen LogP contribution < -0.4 is 4.31 Å². The molecule has 4 nitrogen and oxygen atoms in total. The molecule has 1 aromatic carbocycles. The fourth-order valence-corrected chi connectivity index (χ4v) is 3.52. The van der Waals surface area contributed by atoms with E-state index in [4.69, 9.17) is 5.11 Å². The zero-order valence-corrected chi connectivity index (χ0v) is 11.0. The van der Waals surface area contributed by atoms with E-state index in [0.717, 1.165) is 11.1 Å². The van der Waals surface area contributed by atoms with Gasteiger partial charge in [0, 0.05) is 12.1 Å². The maximum Gasteiger partial charge on any atom is 0.235 e. The van der Waals surface area contributed by atoms with Crippen molar-refractivity contribution in [3.8, 4) is 11.8 Å². The van der Waals surface area contributed by atoms with Crippen molar-refractivity contribution >= 4 is 15.7 Å². The Labute approximate surface area is 107 Å². The number of aryl methyl sites for hydroxylation is 1. The van der Waals surface area contributed by atoms with E-state index in [1.807, 2.05) is 13.0 Å². The second-order valence-electron chi connectivity index (χ2n) is 4.20. The first-order valence-electron chi connectivity index (χ1n) is 5.75. The minimum atomic E-state index is -3.15. The molecule has 1 N–H and O–H groups in total. The lowest BCUT2D eigenvalue weighted by atomic mass is 10.1. The van der Waals surface area contributed by atoms with E-state index in [1.54, 1.807) is 12.1 Å². The minimum Gasteiger partial charge on any atom is -0.384 e. The van der Waals surface area contributed by atoms with Gasteiger partial charge in [-0.3, -0.25) is 4.31 Å². The van der Waals surface area contributed by atoms with Crippen LogP contribution in [0.15, 0.2) is 18.2 Å². The molecule has 0 aliphatic carbocycles. The molecule has 1 aliphatic heterocycles. The van der Waals surface area contributed by atoms with E-state index in [9.17, 15) is 8.42 Å². The highest BCUT2D eigenvalue weighted by atomic mass is 32.2. The molecular formula is C13H15NO3S. The summed E-state index contributed by atoms with van der Waals surface area (Å²) >= 11 is 0. The molecule has 0 radical (unpaired) electrons. The molecule has 96 valence electrons. The number of sulfonamides is 1. The first kappa shape index (κ1) is 12.9. The molecule has 5 heteroatoms. The third-order valence-electron chi connectivity index (χ3n) is 2.91. The lowest BCUT2D eigenvalue weighted by molar-refractivity contribution is 0.350. The zero-order valence-electron chi connectivity index (χ0n) is 10.2. The lowest BCUT2D eigenvalue weighted by Gasteiger charge is -2.17. The molecule has 0 amide bonds.